The third kappa shape index (κ3) is 2.67. The van der Waals surface area contributed by atoms with Crippen molar-refractivity contribution in [3.63, 3.8) is 0 Å². The molecule has 5 heteroatoms. The Kier molecular flexibility index (Phi) is 3.97. The van der Waals surface area contributed by atoms with E-state index in [1.807, 2.05) is 30.3 Å². The Labute approximate surface area is 156 Å². The van der Waals surface area contributed by atoms with Crippen LogP contribution in [0.25, 0.3) is 11.0 Å². The highest BCUT2D eigenvalue weighted by atomic mass is 16.5. The van der Waals surface area contributed by atoms with Gasteiger partial charge in [-0.05, 0) is 29.2 Å². The number of hydrogen-bond donors (Lipinski definition) is 1. The minimum absolute atomic E-state index is 0.0127. The zero-order valence-corrected chi connectivity index (χ0v) is 15.0. The first-order valence-electron chi connectivity index (χ1n) is 8.74. The lowest BCUT2D eigenvalue weighted by atomic mass is 9.83. The van der Waals surface area contributed by atoms with Gasteiger partial charge in [-0.15, -0.1) is 0 Å². The third-order valence-corrected chi connectivity index (χ3v) is 4.91. The smallest absolute Gasteiger partial charge is 0.344 e. The summed E-state index contributed by atoms with van der Waals surface area (Å²) in [5, 5.41) is 10.3. The van der Waals surface area contributed by atoms with Gasteiger partial charge in [-0.1, -0.05) is 50.2 Å². The maximum absolute atomic E-state index is 12.8. The molecular weight excluding hydrogens is 340 g/mol. The lowest BCUT2D eigenvalue weighted by molar-refractivity contribution is 0.388. The second-order valence-corrected chi connectivity index (χ2v) is 6.87. The molecule has 2 N–H and O–H groups in total. The number of hydrogen-bond acceptors (Lipinski definition) is 5. The van der Waals surface area contributed by atoms with E-state index in [4.69, 9.17) is 14.9 Å². The van der Waals surface area contributed by atoms with Crippen LogP contribution in [0.2, 0.25) is 0 Å². The van der Waals surface area contributed by atoms with Crippen molar-refractivity contribution in [3.8, 4) is 11.8 Å². The van der Waals surface area contributed by atoms with Crippen LogP contribution in [0.15, 0.2) is 69.2 Å². The standard InChI is InChI=1S/C22H18N2O3/c1-12(2)13-7-9-14(10-8-13)18-16(11-23)21(24)27-20-15-5-3-4-6-17(15)26-22(25)19(18)20/h3-10,12,18H,24H2,1-2H3/t18-/m0/s1. The summed E-state index contributed by atoms with van der Waals surface area (Å²) in [6.45, 7) is 4.22. The second-order valence-electron chi connectivity index (χ2n) is 6.87. The molecule has 2 aromatic carbocycles. The molecule has 0 radical (unpaired) electrons. The summed E-state index contributed by atoms with van der Waals surface area (Å²) in [6.07, 6.45) is 0. The third-order valence-electron chi connectivity index (χ3n) is 4.91. The van der Waals surface area contributed by atoms with E-state index in [-0.39, 0.29) is 11.5 Å². The number of nitrogens with two attached hydrogens (primary N) is 1. The lowest BCUT2D eigenvalue weighted by Crippen LogP contribution is -2.26. The summed E-state index contributed by atoms with van der Waals surface area (Å²) >= 11 is 0. The van der Waals surface area contributed by atoms with Crippen molar-refractivity contribution in [2.24, 2.45) is 5.73 Å². The number of ether oxygens (including phenoxy) is 1. The summed E-state index contributed by atoms with van der Waals surface area (Å²) in [7, 11) is 0. The zero-order chi connectivity index (χ0) is 19.1. The first kappa shape index (κ1) is 16.9. The highest BCUT2D eigenvalue weighted by molar-refractivity contribution is 5.86. The van der Waals surface area contributed by atoms with Crippen LogP contribution in [0.4, 0.5) is 0 Å². The molecular formula is C22H18N2O3. The highest BCUT2D eigenvalue weighted by Gasteiger charge is 2.35. The van der Waals surface area contributed by atoms with E-state index in [1.165, 1.54) is 5.56 Å². The quantitative estimate of drug-likeness (QED) is 0.696. The second kappa shape index (κ2) is 6.33. The molecule has 1 atom stereocenters. The molecule has 0 unspecified atom stereocenters. The molecule has 0 bridgehead atoms. The molecule has 0 saturated carbocycles. The van der Waals surface area contributed by atoms with Crippen LogP contribution >= 0.6 is 0 Å². The molecule has 134 valence electrons. The Morgan fingerprint density at radius 3 is 2.48 bits per heavy atom. The minimum atomic E-state index is -0.624. The number of para-hydroxylation sites is 1. The lowest BCUT2D eigenvalue weighted by Gasteiger charge is -2.26. The molecule has 1 aliphatic rings. The zero-order valence-electron chi connectivity index (χ0n) is 15.0. The fourth-order valence-electron chi connectivity index (χ4n) is 3.47. The van der Waals surface area contributed by atoms with Crippen LogP contribution in [-0.4, -0.2) is 0 Å². The number of nitrogens with zero attached hydrogens (tertiary/aromatic N) is 1. The van der Waals surface area contributed by atoms with Crippen molar-refractivity contribution in [1.29, 1.82) is 5.26 Å². The van der Waals surface area contributed by atoms with E-state index in [0.717, 1.165) is 5.56 Å². The predicted molar refractivity (Wildman–Crippen MR) is 102 cm³/mol. The summed E-state index contributed by atoms with van der Waals surface area (Å²) in [5.41, 5.74) is 8.43. The SMILES string of the molecule is CC(C)c1ccc([C@H]2C(C#N)=C(N)Oc3c2c(=O)oc2ccccc32)cc1. The topological polar surface area (TPSA) is 89.3 Å². The summed E-state index contributed by atoms with van der Waals surface area (Å²) in [6, 6.07) is 17.1. The highest BCUT2D eigenvalue weighted by Crippen LogP contribution is 2.43. The van der Waals surface area contributed by atoms with Crippen LogP contribution < -0.4 is 16.1 Å². The summed E-state index contributed by atoms with van der Waals surface area (Å²) < 4.78 is 11.2. The van der Waals surface area contributed by atoms with Gasteiger partial charge in [0.05, 0.1) is 16.9 Å². The first-order chi connectivity index (χ1) is 13.0. The normalized spacial score (nSPS) is 16.1. The van der Waals surface area contributed by atoms with Gasteiger partial charge in [-0.3, -0.25) is 0 Å². The number of allylic oxidation sites excluding steroid dienone is 1. The maximum Gasteiger partial charge on any atom is 0.344 e. The molecule has 1 aliphatic heterocycles. The van der Waals surface area contributed by atoms with Crippen molar-refractivity contribution < 1.29 is 9.15 Å². The summed E-state index contributed by atoms with van der Waals surface area (Å²) in [4.78, 5) is 12.8. The van der Waals surface area contributed by atoms with Crippen LogP contribution in [0.1, 0.15) is 42.4 Å². The van der Waals surface area contributed by atoms with Gasteiger partial charge in [0.1, 0.15) is 17.2 Å². The monoisotopic (exact) mass is 358 g/mol. The Morgan fingerprint density at radius 1 is 1.11 bits per heavy atom. The van der Waals surface area contributed by atoms with E-state index in [1.54, 1.807) is 18.2 Å². The van der Waals surface area contributed by atoms with Gasteiger partial charge < -0.3 is 14.9 Å². The summed E-state index contributed by atoms with van der Waals surface area (Å²) in [5.74, 6) is 0.127. The minimum Gasteiger partial charge on any atom is -0.439 e. The molecule has 27 heavy (non-hydrogen) atoms. The van der Waals surface area contributed by atoms with Crippen LogP contribution in [-0.2, 0) is 0 Å². The molecule has 3 aromatic rings. The molecule has 0 spiro atoms. The van der Waals surface area contributed by atoms with Gasteiger partial charge >= 0.3 is 5.63 Å². The Balaban J connectivity index is 2.00. The number of fused-ring (bicyclic) bond motifs is 3. The molecule has 2 heterocycles. The van der Waals surface area contributed by atoms with Crippen molar-refractivity contribution in [3.05, 3.63) is 87.1 Å². The predicted octanol–water partition coefficient (Wildman–Crippen LogP) is 4.13. The number of benzene rings is 2. The molecule has 0 aliphatic carbocycles. The first-order valence-corrected chi connectivity index (χ1v) is 8.74. The van der Waals surface area contributed by atoms with Gasteiger partial charge in [-0.2, -0.15) is 5.26 Å². The van der Waals surface area contributed by atoms with Gasteiger partial charge in [0, 0.05) is 0 Å². The van der Waals surface area contributed by atoms with Gasteiger partial charge in [0.2, 0.25) is 5.88 Å². The van der Waals surface area contributed by atoms with E-state index in [0.29, 0.717) is 28.2 Å². The van der Waals surface area contributed by atoms with Gasteiger partial charge in [-0.25, -0.2) is 4.79 Å². The average molecular weight is 358 g/mol. The van der Waals surface area contributed by atoms with Crippen molar-refractivity contribution >= 4 is 11.0 Å². The van der Waals surface area contributed by atoms with Gasteiger partial charge in [0.15, 0.2) is 5.75 Å². The fourth-order valence-corrected chi connectivity index (χ4v) is 3.47. The molecule has 5 nitrogen and oxygen atoms in total. The fraction of sp³-hybridized carbons (Fsp3) is 0.182. The Bertz CT molecular complexity index is 1160. The van der Waals surface area contributed by atoms with Crippen molar-refractivity contribution in [1.82, 2.24) is 0 Å². The van der Waals surface area contributed by atoms with E-state index in [2.05, 4.69) is 19.9 Å². The molecule has 1 aromatic heterocycles. The Morgan fingerprint density at radius 2 is 1.81 bits per heavy atom. The van der Waals surface area contributed by atoms with Crippen LogP contribution in [0.5, 0.6) is 5.75 Å². The Hall–Kier alpha value is -3.52. The van der Waals surface area contributed by atoms with Crippen molar-refractivity contribution in [2.75, 3.05) is 0 Å². The van der Waals surface area contributed by atoms with Crippen molar-refractivity contribution in [2.45, 2.75) is 25.7 Å². The molecule has 4 rings (SSSR count). The largest absolute Gasteiger partial charge is 0.439 e. The van der Waals surface area contributed by atoms with E-state index in [9.17, 15) is 10.1 Å². The molecule has 0 amide bonds. The number of rotatable bonds is 2. The van der Waals surface area contributed by atoms with E-state index < -0.39 is 11.5 Å². The van der Waals surface area contributed by atoms with Crippen LogP contribution in [0, 0.1) is 11.3 Å². The van der Waals surface area contributed by atoms with E-state index >= 15 is 0 Å². The van der Waals surface area contributed by atoms with Gasteiger partial charge in [0.25, 0.3) is 0 Å². The van der Waals surface area contributed by atoms with Crippen LogP contribution in [0.3, 0.4) is 0 Å². The maximum atomic E-state index is 12.8. The molecule has 0 fully saturated rings. The molecule has 0 saturated heterocycles. The average Bonchev–Trinajstić information content (AvgIpc) is 2.67. The number of nitriles is 1.